The molecular formula is C18H19N5O2. The maximum Gasteiger partial charge on any atom is 0.270 e. The van der Waals surface area contributed by atoms with Gasteiger partial charge in [0.25, 0.3) is 5.91 Å². The molecule has 0 aromatic carbocycles. The van der Waals surface area contributed by atoms with Gasteiger partial charge in [-0.15, -0.1) is 0 Å². The smallest absolute Gasteiger partial charge is 0.270 e. The van der Waals surface area contributed by atoms with E-state index < -0.39 is 0 Å². The highest BCUT2D eigenvalue weighted by molar-refractivity contribution is 5.94. The zero-order chi connectivity index (χ0) is 17.1. The molecule has 7 nitrogen and oxygen atoms in total. The summed E-state index contributed by atoms with van der Waals surface area (Å²) < 4.78 is 5.99. The molecule has 4 heterocycles. The van der Waals surface area contributed by atoms with Crippen molar-refractivity contribution in [2.24, 2.45) is 0 Å². The van der Waals surface area contributed by atoms with Crippen molar-refractivity contribution in [1.82, 2.24) is 25.6 Å². The molecule has 1 saturated heterocycles. The zero-order valence-corrected chi connectivity index (χ0v) is 13.7. The van der Waals surface area contributed by atoms with Crippen molar-refractivity contribution in [3.8, 4) is 5.75 Å². The van der Waals surface area contributed by atoms with Gasteiger partial charge in [-0.3, -0.25) is 9.78 Å². The predicted octanol–water partition coefficient (Wildman–Crippen LogP) is 1.63. The second-order valence-corrected chi connectivity index (χ2v) is 6.01. The molecule has 7 heteroatoms. The van der Waals surface area contributed by atoms with Crippen LogP contribution in [0.4, 0.5) is 0 Å². The van der Waals surface area contributed by atoms with Crippen LogP contribution in [0.2, 0.25) is 0 Å². The first-order valence-corrected chi connectivity index (χ1v) is 8.32. The summed E-state index contributed by atoms with van der Waals surface area (Å²) in [6.07, 6.45) is 6.32. The molecule has 3 aromatic heterocycles. The van der Waals surface area contributed by atoms with Gasteiger partial charge in [0.1, 0.15) is 23.2 Å². The van der Waals surface area contributed by atoms with Crippen LogP contribution < -0.4 is 15.4 Å². The third-order valence-electron chi connectivity index (χ3n) is 4.26. The fraction of sp³-hybridized carbons (Fsp3) is 0.278. The Morgan fingerprint density at radius 2 is 2.28 bits per heavy atom. The Morgan fingerprint density at radius 1 is 1.32 bits per heavy atom. The molecule has 3 aromatic rings. The van der Waals surface area contributed by atoms with Crippen LogP contribution >= 0.6 is 0 Å². The summed E-state index contributed by atoms with van der Waals surface area (Å²) >= 11 is 0. The summed E-state index contributed by atoms with van der Waals surface area (Å²) in [6, 6.07) is 7.38. The van der Waals surface area contributed by atoms with Gasteiger partial charge in [-0.25, -0.2) is 4.98 Å². The number of rotatable bonds is 5. The van der Waals surface area contributed by atoms with E-state index in [0.29, 0.717) is 23.6 Å². The van der Waals surface area contributed by atoms with Gasteiger partial charge >= 0.3 is 0 Å². The summed E-state index contributed by atoms with van der Waals surface area (Å²) in [5.41, 5.74) is 1.98. The summed E-state index contributed by atoms with van der Waals surface area (Å²) in [6.45, 7) is 2.16. The summed E-state index contributed by atoms with van der Waals surface area (Å²) in [5.74, 6) is 0.492. The lowest BCUT2D eigenvalue weighted by atomic mass is 10.2. The minimum atomic E-state index is -0.221. The highest BCUT2D eigenvalue weighted by Crippen LogP contribution is 2.20. The number of carbonyl (C=O) groups is 1. The number of aromatic amines is 1. The number of pyridine rings is 2. The normalized spacial score (nSPS) is 16.9. The van der Waals surface area contributed by atoms with Gasteiger partial charge < -0.3 is 20.4 Å². The van der Waals surface area contributed by atoms with E-state index in [1.807, 2.05) is 18.2 Å². The lowest BCUT2D eigenvalue weighted by Crippen LogP contribution is -2.25. The minimum Gasteiger partial charge on any atom is -0.487 e. The molecule has 0 bridgehead atoms. The predicted molar refractivity (Wildman–Crippen MR) is 93.4 cm³/mol. The summed E-state index contributed by atoms with van der Waals surface area (Å²) in [4.78, 5) is 23.9. The van der Waals surface area contributed by atoms with E-state index in [1.165, 1.54) is 0 Å². The molecule has 3 N–H and O–H groups in total. The van der Waals surface area contributed by atoms with Crippen LogP contribution in [-0.2, 0) is 6.54 Å². The van der Waals surface area contributed by atoms with Crippen molar-refractivity contribution in [2.75, 3.05) is 13.1 Å². The second kappa shape index (κ2) is 6.90. The number of nitrogens with zero attached hydrogens (tertiary/aromatic N) is 2. The van der Waals surface area contributed by atoms with E-state index in [-0.39, 0.29) is 12.0 Å². The monoisotopic (exact) mass is 337 g/mol. The molecule has 1 atom stereocenters. The first-order valence-electron chi connectivity index (χ1n) is 8.32. The third-order valence-corrected chi connectivity index (χ3v) is 4.26. The molecule has 1 aliphatic rings. The standard InChI is InChI=1S/C18H19N5O2/c24-18(15-2-1-12-4-8-21-17(12)23-15)22-9-13-3-6-20-11-16(13)25-14-5-7-19-10-14/h1-4,6,8,11,14,19H,5,7,9-10H2,(H,21,23)(H,22,24)/t14-/m0/s1. The highest BCUT2D eigenvalue weighted by Gasteiger charge is 2.18. The Kier molecular flexibility index (Phi) is 4.30. The molecule has 0 saturated carbocycles. The largest absolute Gasteiger partial charge is 0.487 e. The van der Waals surface area contributed by atoms with Crippen LogP contribution in [0.25, 0.3) is 11.0 Å². The first kappa shape index (κ1) is 15.6. The maximum atomic E-state index is 12.4. The molecule has 1 fully saturated rings. The second-order valence-electron chi connectivity index (χ2n) is 6.01. The average molecular weight is 337 g/mol. The van der Waals surface area contributed by atoms with Gasteiger partial charge in [-0.1, -0.05) is 0 Å². The SMILES string of the molecule is O=C(NCc1ccncc1O[C@H]1CCNC1)c1ccc2cc[nH]c2n1. The molecule has 25 heavy (non-hydrogen) atoms. The van der Waals surface area contributed by atoms with Crippen molar-refractivity contribution in [3.63, 3.8) is 0 Å². The van der Waals surface area contributed by atoms with Crippen LogP contribution in [0.1, 0.15) is 22.5 Å². The molecule has 4 rings (SSSR count). The quantitative estimate of drug-likeness (QED) is 0.658. The fourth-order valence-electron chi connectivity index (χ4n) is 2.89. The van der Waals surface area contributed by atoms with Crippen LogP contribution in [-0.4, -0.2) is 40.1 Å². The van der Waals surface area contributed by atoms with Gasteiger partial charge in [0.05, 0.1) is 6.20 Å². The molecule has 1 amide bonds. The number of aromatic nitrogens is 3. The number of carbonyl (C=O) groups excluding carboxylic acids is 1. The van der Waals surface area contributed by atoms with E-state index in [4.69, 9.17) is 4.74 Å². The number of ether oxygens (including phenoxy) is 1. The first-order chi connectivity index (χ1) is 12.3. The van der Waals surface area contributed by atoms with Crippen LogP contribution in [0.15, 0.2) is 42.9 Å². The van der Waals surface area contributed by atoms with E-state index in [1.54, 1.807) is 24.7 Å². The number of hydrogen-bond donors (Lipinski definition) is 3. The van der Waals surface area contributed by atoms with Gasteiger partial charge in [0.15, 0.2) is 0 Å². The van der Waals surface area contributed by atoms with E-state index in [0.717, 1.165) is 30.5 Å². The minimum absolute atomic E-state index is 0.149. The van der Waals surface area contributed by atoms with Crippen molar-refractivity contribution in [1.29, 1.82) is 0 Å². The van der Waals surface area contributed by atoms with E-state index in [2.05, 4.69) is 25.6 Å². The number of fused-ring (bicyclic) bond motifs is 1. The average Bonchev–Trinajstić information content (AvgIpc) is 3.31. The van der Waals surface area contributed by atoms with Crippen LogP contribution in [0, 0.1) is 0 Å². The Morgan fingerprint density at radius 3 is 3.16 bits per heavy atom. The van der Waals surface area contributed by atoms with Gasteiger partial charge in [-0.05, 0) is 37.2 Å². The van der Waals surface area contributed by atoms with Crippen molar-refractivity contribution >= 4 is 16.9 Å². The van der Waals surface area contributed by atoms with Crippen molar-refractivity contribution in [3.05, 3.63) is 54.1 Å². The van der Waals surface area contributed by atoms with Gasteiger partial charge in [0, 0.05) is 36.4 Å². The zero-order valence-electron chi connectivity index (χ0n) is 13.7. The van der Waals surface area contributed by atoms with Crippen molar-refractivity contribution in [2.45, 2.75) is 19.1 Å². The number of amides is 1. The molecule has 128 valence electrons. The Labute approximate surface area is 144 Å². The topological polar surface area (TPSA) is 91.9 Å². The molecule has 0 spiro atoms. The fourth-order valence-corrected chi connectivity index (χ4v) is 2.89. The highest BCUT2D eigenvalue weighted by atomic mass is 16.5. The van der Waals surface area contributed by atoms with Crippen molar-refractivity contribution < 1.29 is 9.53 Å². The van der Waals surface area contributed by atoms with Crippen LogP contribution in [0.3, 0.4) is 0 Å². The Bertz CT molecular complexity index is 886. The summed E-state index contributed by atoms with van der Waals surface area (Å²) in [7, 11) is 0. The summed E-state index contributed by atoms with van der Waals surface area (Å²) in [5, 5.41) is 7.15. The number of hydrogen-bond acceptors (Lipinski definition) is 5. The van der Waals surface area contributed by atoms with E-state index >= 15 is 0 Å². The third kappa shape index (κ3) is 3.46. The van der Waals surface area contributed by atoms with Gasteiger partial charge in [-0.2, -0.15) is 0 Å². The lowest BCUT2D eigenvalue weighted by Gasteiger charge is -2.15. The Hall–Kier alpha value is -2.93. The molecular weight excluding hydrogens is 318 g/mol. The molecule has 1 aliphatic heterocycles. The Balaban J connectivity index is 1.44. The maximum absolute atomic E-state index is 12.4. The lowest BCUT2D eigenvalue weighted by molar-refractivity contribution is 0.0945. The molecule has 0 unspecified atom stereocenters. The molecule has 0 radical (unpaired) electrons. The molecule has 0 aliphatic carbocycles. The van der Waals surface area contributed by atoms with E-state index in [9.17, 15) is 4.79 Å². The van der Waals surface area contributed by atoms with Gasteiger partial charge in [0.2, 0.25) is 0 Å². The van der Waals surface area contributed by atoms with Crippen LogP contribution in [0.5, 0.6) is 5.75 Å². The number of nitrogens with one attached hydrogen (secondary N) is 3. The number of H-pyrrole nitrogens is 1.